The van der Waals surface area contributed by atoms with Crippen molar-refractivity contribution in [3.8, 4) is 5.75 Å². The van der Waals surface area contributed by atoms with Crippen LogP contribution in [0.4, 0.5) is 0 Å². The summed E-state index contributed by atoms with van der Waals surface area (Å²) in [5, 5.41) is 20.4. The van der Waals surface area contributed by atoms with E-state index in [4.69, 9.17) is 10.5 Å². The van der Waals surface area contributed by atoms with Gasteiger partial charge in [-0.2, -0.15) is 0 Å². The molecule has 246 valence electrons. The van der Waals surface area contributed by atoms with E-state index in [0.717, 1.165) is 10.9 Å². The van der Waals surface area contributed by atoms with E-state index >= 15 is 0 Å². The van der Waals surface area contributed by atoms with Crippen molar-refractivity contribution in [3.63, 3.8) is 0 Å². The van der Waals surface area contributed by atoms with Crippen LogP contribution in [0, 0.1) is 0 Å². The van der Waals surface area contributed by atoms with E-state index in [2.05, 4.69) is 20.9 Å². The molecule has 0 unspecified atom stereocenters. The van der Waals surface area contributed by atoms with E-state index in [9.17, 15) is 24.3 Å². The van der Waals surface area contributed by atoms with Gasteiger partial charge in [-0.05, 0) is 63.4 Å². The molecule has 0 radical (unpaired) electrons. The average Bonchev–Trinajstić information content (AvgIpc) is 3.04. The fourth-order valence-electron chi connectivity index (χ4n) is 4.93. The second-order valence-electron chi connectivity index (χ2n) is 12.3. The quantitative estimate of drug-likeness (QED) is 0.141. The minimum Gasteiger partial charge on any atom is -0.490 e. The van der Waals surface area contributed by atoms with Crippen LogP contribution in [-0.4, -0.2) is 64.1 Å². The Morgan fingerprint density at radius 1 is 0.851 bits per heavy atom. The number of carbonyl (C=O) groups is 4. The fourth-order valence-corrected chi connectivity index (χ4v) is 4.93. The SMILES string of the molecule is CC(C)(C)NC(=O)c1ccccc1OC[C@@H](O)[C@H](CCc1ccccc1)NC(=O)[C@H](CC(N)=O)NC(=O)c1ccc2ccccc2n1. The number of aliphatic hydroxyl groups excluding tert-OH is 1. The van der Waals surface area contributed by atoms with Crippen molar-refractivity contribution in [2.45, 2.75) is 63.8 Å². The second-order valence-corrected chi connectivity index (χ2v) is 12.3. The lowest BCUT2D eigenvalue weighted by atomic mass is 10.0. The Labute approximate surface area is 273 Å². The van der Waals surface area contributed by atoms with Gasteiger partial charge in [-0.15, -0.1) is 0 Å². The Balaban J connectivity index is 1.50. The third-order valence-electron chi connectivity index (χ3n) is 7.27. The third kappa shape index (κ3) is 10.4. The molecular formula is C36H41N5O6. The van der Waals surface area contributed by atoms with Crippen molar-refractivity contribution in [1.82, 2.24) is 20.9 Å². The highest BCUT2D eigenvalue weighted by Crippen LogP contribution is 2.20. The minimum absolute atomic E-state index is 0.0641. The number of nitrogens with zero attached hydrogens (tertiary/aromatic N) is 1. The Bertz CT molecular complexity index is 1710. The lowest BCUT2D eigenvalue weighted by Gasteiger charge is -2.27. The number of hydrogen-bond donors (Lipinski definition) is 5. The van der Waals surface area contributed by atoms with Gasteiger partial charge in [-0.1, -0.05) is 66.7 Å². The number of fused-ring (bicyclic) bond motifs is 1. The summed E-state index contributed by atoms with van der Waals surface area (Å²) in [6, 6.07) is 24.6. The van der Waals surface area contributed by atoms with Gasteiger partial charge in [0.1, 0.15) is 30.2 Å². The first-order valence-corrected chi connectivity index (χ1v) is 15.4. The van der Waals surface area contributed by atoms with Gasteiger partial charge in [-0.3, -0.25) is 19.2 Å². The van der Waals surface area contributed by atoms with Gasteiger partial charge in [0.15, 0.2) is 0 Å². The standard InChI is InChI=1S/C36H41N5O6/c1-36(2,3)41-33(44)25-14-8-10-16-31(25)47-22-30(42)27(19-17-23-11-5-4-6-12-23)39-35(46)29(21-32(37)43)40-34(45)28-20-18-24-13-7-9-15-26(24)38-28/h4-16,18,20,27,29-30,42H,17,19,21-22H2,1-3H3,(H2,37,43)(H,39,46)(H,40,45)(H,41,44)/t27-,29-,30+/m0/s1. The van der Waals surface area contributed by atoms with Crippen LogP contribution in [0.25, 0.3) is 10.9 Å². The molecule has 47 heavy (non-hydrogen) atoms. The Kier molecular flexibility index (Phi) is 11.6. The molecule has 4 aromatic rings. The molecule has 0 saturated carbocycles. The van der Waals surface area contributed by atoms with Crippen molar-refractivity contribution in [2.75, 3.05) is 6.61 Å². The number of nitrogens with one attached hydrogen (secondary N) is 3. The van der Waals surface area contributed by atoms with Crippen molar-refractivity contribution < 1.29 is 29.0 Å². The molecule has 0 saturated heterocycles. The summed E-state index contributed by atoms with van der Waals surface area (Å²) in [4.78, 5) is 55.9. The smallest absolute Gasteiger partial charge is 0.270 e. The number of para-hydroxylation sites is 2. The van der Waals surface area contributed by atoms with Crippen LogP contribution < -0.4 is 26.4 Å². The number of carbonyl (C=O) groups excluding carboxylic acids is 4. The summed E-state index contributed by atoms with van der Waals surface area (Å²) < 4.78 is 5.92. The number of amides is 4. The summed E-state index contributed by atoms with van der Waals surface area (Å²) in [7, 11) is 0. The van der Waals surface area contributed by atoms with Crippen molar-refractivity contribution >= 4 is 34.5 Å². The number of hydrogen-bond acceptors (Lipinski definition) is 7. The third-order valence-corrected chi connectivity index (χ3v) is 7.27. The molecule has 11 nitrogen and oxygen atoms in total. The number of aliphatic hydroxyl groups is 1. The fraction of sp³-hybridized carbons (Fsp3) is 0.306. The zero-order valence-electron chi connectivity index (χ0n) is 26.7. The number of pyridine rings is 1. The van der Waals surface area contributed by atoms with E-state index in [1.165, 1.54) is 6.07 Å². The number of nitrogens with two attached hydrogens (primary N) is 1. The maximum Gasteiger partial charge on any atom is 0.270 e. The van der Waals surface area contributed by atoms with Crippen LogP contribution >= 0.6 is 0 Å². The minimum atomic E-state index is -1.33. The van der Waals surface area contributed by atoms with Gasteiger partial charge in [0.05, 0.1) is 23.5 Å². The molecule has 1 heterocycles. The van der Waals surface area contributed by atoms with Gasteiger partial charge in [0.25, 0.3) is 11.8 Å². The van der Waals surface area contributed by atoms with E-state index in [1.807, 2.05) is 63.2 Å². The highest BCUT2D eigenvalue weighted by molar-refractivity contribution is 5.99. The van der Waals surface area contributed by atoms with Gasteiger partial charge in [0, 0.05) is 10.9 Å². The predicted molar refractivity (Wildman–Crippen MR) is 179 cm³/mol. The summed E-state index contributed by atoms with van der Waals surface area (Å²) in [5.41, 5.74) is 6.91. The molecule has 3 aromatic carbocycles. The number of benzene rings is 3. The summed E-state index contributed by atoms with van der Waals surface area (Å²) in [6.07, 6.45) is -0.898. The van der Waals surface area contributed by atoms with E-state index in [1.54, 1.807) is 42.5 Å². The van der Waals surface area contributed by atoms with E-state index < -0.39 is 47.9 Å². The van der Waals surface area contributed by atoms with Gasteiger partial charge in [-0.25, -0.2) is 4.98 Å². The number of aromatic nitrogens is 1. The molecule has 0 aliphatic heterocycles. The monoisotopic (exact) mass is 639 g/mol. The molecule has 0 aliphatic carbocycles. The molecule has 0 fully saturated rings. The normalized spacial score (nSPS) is 13.2. The largest absolute Gasteiger partial charge is 0.490 e. The summed E-state index contributed by atoms with van der Waals surface area (Å²) >= 11 is 0. The molecule has 4 rings (SSSR count). The van der Waals surface area contributed by atoms with E-state index in [-0.39, 0.29) is 24.0 Å². The molecule has 0 bridgehead atoms. The highest BCUT2D eigenvalue weighted by atomic mass is 16.5. The average molecular weight is 640 g/mol. The van der Waals surface area contributed by atoms with Crippen LogP contribution in [0.15, 0.2) is 91.0 Å². The van der Waals surface area contributed by atoms with Crippen LogP contribution in [0.3, 0.4) is 0 Å². The number of rotatable bonds is 14. The number of ether oxygens (including phenoxy) is 1. The van der Waals surface area contributed by atoms with Crippen LogP contribution in [-0.2, 0) is 16.0 Å². The zero-order valence-corrected chi connectivity index (χ0v) is 26.7. The van der Waals surface area contributed by atoms with E-state index in [0.29, 0.717) is 23.9 Å². The first-order chi connectivity index (χ1) is 22.4. The molecule has 0 aliphatic rings. The first kappa shape index (κ1) is 34.6. The first-order valence-electron chi connectivity index (χ1n) is 15.4. The molecule has 3 atom stereocenters. The number of aryl methyl sites for hydroxylation is 1. The maximum atomic E-state index is 13.6. The molecule has 6 N–H and O–H groups in total. The van der Waals surface area contributed by atoms with Crippen molar-refractivity contribution in [3.05, 3.63) is 108 Å². The lowest BCUT2D eigenvalue weighted by Crippen LogP contribution is -2.54. The van der Waals surface area contributed by atoms with Gasteiger partial charge < -0.3 is 31.5 Å². The molecule has 4 amide bonds. The zero-order chi connectivity index (χ0) is 34.0. The van der Waals surface area contributed by atoms with Crippen LogP contribution in [0.2, 0.25) is 0 Å². The van der Waals surface area contributed by atoms with Gasteiger partial charge >= 0.3 is 0 Å². The topological polar surface area (TPSA) is 173 Å². The Hall–Kier alpha value is -5.29. The van der Waals surface area contributed by atoms with Crippen LogP contribution in [0.5, 0.6) is 5.75 Å². The second kappa shape index (κ2) is 15.8. The lowest BCUT2D eigenvalue weighted by molar-refractivity contribution is -0.128. The van der Waals surface area contributed by atoms with Gasteiger partial charge in [0.2, 0.25) is 11.8 Å². The number of primary amides is 1. The molecular weight excluding hydrogens is 598 g/mol. The molecule has 11 heteroatoms. The predicted octanol–water partition coefficient (Wildman–Crippen LogP) is 3.29. The highest BCUT2D eigenvalue weighted by Gasteiger charge is 2.29. The maximum absolute atomic E-state index is 13.6. The van der Waals surface area contributed by atoms with Crippen molar-refractivity contribution in [2.24, 2.45) is 5.73 Å². The molecule has 1 aromatic heterocycles. The van der Waals surface area contributed by atoms with Crippen molar-refractivity contribution in [1.29, 1.82) is 0 Å². The summed E-state index contributed by atoms with van der Waals surface area (Å²) in [6.45, 7) is 5.34. The molecule has 0 spiro atoms. The van der Waals surface area contributed by atoms with Crippen LogP contribution in [0.1, 0.15) is 60.0 Å². The Morgan fingerprint density at radius 3 is 2.26 bits per heavy atom. The summed E-state index contributed by atoms with van der Waals surface area (Å²) in [5.74, 6) is -2.23. The Morgan fingerprint density at radius 2 is 1.53 bits per heavy atom.